The van der Waals surface area contributed by atoms with Crippen LogP contribution in [0.1, 0.15) is 5.69 Å². The molecule has 2 nitrogen and oxygen atoms in total. The average molecular weight is 303 g/mol. The average Bonchev–Trinajstić information content (AvgIpc) is 2.82. The molecule has 0 aliphatic carbocycles. The molecule has 1 aromatic heterocycles. The molecule has 3 rings (SSSR count). The van der Waals surface area contributed by atoms with Crippen LogP contribution in [-0.4, -0.2) is 9.97 Å². The number of nitrogens with zero attached hydrogens (tertiary/aromatic N) is 1. The summed E-state index contributed by atoms with van der Waals surface area (Å²) in [5.74, 6) is 0.776. The van der Waals surface area contributed by atoms with Crippen LogP contribution in [0.5, 0.6) is 0 Å². The minimum Gasteiger partial charge on any atom is -0.341 e. The Balaban J connectivity index is 2.08. The fourth-order valence-corrected chi connectivity index (χ4v) is 2.48. The van der Waals surface area contributed by atoms with Gasteiger partial charge in [0.05, 0.1) is 10.7 Å². The summed E-state index contributed by atoms with van der Waals surface area (Å²) in [7, 11) is 0. The summed E-state index contributed by atoms with van der Waals surface area (Å²) in [6.45, 7) is 2.00. The number of benzene rings is 2. The van der Waals surface area contributed by atoms with E-state index in [2.05, 4.69) is 9.97 Å². The smallest absolute Gasteiger partial charge is 0.139 e. The number of H-pyrrole nitrogens is 1. The van der Waals surface area contributed by atoms with Gasteiger partial charge in [0, 0.05) is 21.8 Å². The fraction of sp³-hybridized carbons (Fsp3) is 0.0625. The van der Waals surface area contributed by atoms with Gasteiger partial charge in [-0.2, -0.15) is 0 Å². The maximum atomic E-state index is 6.21. The molecule has 1 heterocycles. The lowest BCUT2D eigenvalue weighted by Gasteiger charge is -1.99. The normalized spacial score (nSPS) is 10.8. The summed E-state index contributed by atoms with van der Waals surface area (Å²) >= 11 is 12.1. The summed E-state index contributed by atoms with van der Waals surface area (Å²) in [4.78, 5) is 7.94. The largest absolute Gasteiger partial charge is 0.341 e. The van der Waals surface area contributed by atoms with Gasteiger partial charge in [0.2, 0.25) is 0 Å². The zero-order valence-corrected chi connectivity index (χ0v) is 12.3. The van der Waals surface area contributed by atoms with E-state index in [1.807, 2.05) is 55.5 Å². The van der Waals surface area contributed by atoms with Crippen LogP contribution in [0.2, 0.25) is 10.0 Å². The fourth-order valence-electron chi connectivity index (χ4n) is 2.13. The minimum atomic E-state index is 0.684. The van der Waals surface area contributed by atoms with Gasteiger partial charge in [0.15, 0.2) is 0 Å². The monoisotopic (exact) mass is 302 g/mol. The Labute approximate surface area is 127 Å². The third-order valence-electron chi connectivity index (χ3n) is 3.13. The van der Waals surface area contributed by atoms with Crippen LogP contribution in [0.3, 0.4) is 0 Å². The van der Waals surface area contributed by atoms with Gasteiger partial charge in [-0.25, -0.2) is 4.98 Å². The van der Waals surface area contributed by atoms with Crippen molar-refractivity contribution >= 4 is 23.2 Å². The van der Waals surface area contributed by atoms with Crippen molar-refractivity contribution in [2.45, 2.75) is 6.92 Å². The van der Waals surface area contributed by atoms with Crippen molar-refractivity contribution in [1.82, 2.24) is 9.97 Å². The van der Waals surface area contributed by atoms with E-state index in [1.165, 1.54) is 0 Å². The quantitative estimate of drug-likeness (QED) is 0.678. The number of hydrogen-bond donors (Lipinski definition) is 1. The second-order valence-corrected chi connectivity index (χ2v) is 5.39. The molecule has 100 valence electrons. The van der Waals surface area contributed by atoms with E-state index in [1.54, 1.807) is 0 Å². The van der Waals surface area contributed by atoms with Crippen LogP contribution in [0.4, 0.5) is 0 Å². The lowest BCUT2D eigenvalue weighted by Crippen LogP contribution is -1.82. The topological polar surface area (TPSA) is 28.7 Å². The van der Waals surface area contributed by atoms with Crippen LogP contribution in [-0.2, 0) is 0 Å². The highest BCUT2D eigenvalue weighted by molar-refractivity contribution is 6.33. The number of aryl methyl sites for hydroxylation is 1. The zero-order valence-electron chi connectivity index (χ0n) is 10.8. The van der Waals surface area contributed by atoms with Crippen LogP contribution in [0, 0.1) is 6.92 Å². The van der Waals surface area contributed by atoms with Crippen LogP contribution >= 0.6 is 23.2 Å². The number of imidazole rings is 1. The molecule has 0 bridgehead atoms. The summed E-state index contributed by atoms with van der Waals surface area (Å²) in [6.07, 6.45) is 0. The van der Waals surface area contributed by atoms with Crippen molar-refractivity contribution in [2.24, 2.45) is 0 Å². The Kier molecular flexibility index (Phi) is 3.51. The number of halogens is 2. The molecule has 4 heteroatoms. The molecule has 0 unspecified atom stereocenters. The van der Waals surface area contributed by atoms with Gasteiger partial charge in [-0.1, -0.05) is 47.5 Å². The van der Waals surface area contributed by atoms with Gasteiger partial charge in [-0.15, -0.1) is 0 Å². The molecule has 0 spiro atoms. The van der Waals surface area contributed by atoms with Crippen molar-refractivity contribution in [3.05, 3.63) is 64.3 Å². The highest BCUT2D eigenvalue weighted by Gasteiger charge is 2.12. The van der Waals surface area contributed by atoms with Gasteiger partial charge >= 0.3 is 0 Å². The first-order valence-corrected chi connectivity index (χ1v) is 6.98. The van der Waals surface area contributed by atoms with Crippen molar-refractivity contribution in [3.8, 4) is 22.6 Å². The van der Waals surface area contributed by atoms with Crippen molar-refractivity contribution in [2.75, 3.05) is 0 Å². The Morgan fingerprint density at radius 1 is 0.950 bits per heavy atom. The number of aromatic amines is 1. The molecule has 1 N–H and O–H groups in total. The van der Waals surface area contributed by atoms with Gasteiger partial charge in [0.1, 0.15) is 5.82 Å². The van der Waals surface area contributed by atoms with E-state index in [0.717, 1.165) is 28.3 Å². The maximum absolute atomic E-state index is 6.21. The van der Waals surface area contributed by atoms with Gasteiger partial charge in [-0.3, -0.25) is 0 Å². The van der Waals surface area contributed by atoms with Gasteiger partial charge in [0.25, 0.3) is 0 Å². The molecule has 0 fully saturated rings. The second-order valence-electron chi connectivity index (χ2n) is 4.55. The molecule has 0 atom stereocenters. The van der Waals surface area contributed by atoms with Crippen molar-refractivity contribution in [1.29, 1.82) is 0 Å². The molecule has 0 amide bonds. The van der Waals surface area contributed by atoms with Crippen LogP contribution < -0.4 is 0 Å². The third-order valence-corrected chi connectivity index (χ3v) is 3.71. The van der Waals surface area contributed by atoms with E-state index >= 15 is 0 Å². The van der Waals surface area contributed by atoms with E-state index in [-0.39, 0.29) is 0 Å². The Bertz CT molecular complexity index is 745. The molecule has 0 radical (unpaired) electrons. The van der Waals surface area contributed by atoms with Crippen molar-refractivity contribution < 1.29 is 0 Å². The molecule has 20 heavy (non-hydrogen) atoms. The summed E-state index contributed by atoms with van der Waals surface area (Å²) in [6, 6.07) is 15.3. The minimum absolute atomic E-state index is 0.684. The first kappa shape index (κ1) is 13.2. The van der Waals surface area contributed by atoms with E-state index < -0.39 is 0 Å². The molecule has 3 aromatic rings. The highest BCUT2D eigenvalue weighted by atomic mass is 35.5. The Hall–Kier alpha value is -1.77. The molecule has 0 saturated carbocycles. The number of nitrogens with one attached hydrogen (secondary N) is 1. The maximum Gasteiger partial charge on any atom is 0.139 e. The molecule has 0 saturated heterocycles. The Morgan fingerprint density at radius 3 is 2.35 bits per heavy atom. The summed E-state index contributed by atoms with van der Waals surface area (Å²) < 4.78 is 0. The molecular weight excluding hydrogens is 291 g/mol. The summed E-state index contributed by atoms with van der Waals surface area (Å²) in [5.41, 5.74) is 3.85. The lowest BCUT2D eigenvalue weighted by molar-refractivity contribution is 1.26. The summed E-state index contributed by atoms with van der Waals surface area (Å²) in [5, 5.41) is 1.40. The Morgan fingerprint density at radius 2 is 1.65 bits per heavy atom. The van der Waals surface area contributed by atoms with E-state index in [4.69, 9.17) is 23.2 Å². The molecular formula is C16H12Cl2N2. The predicted molar refractivity (Wildman–Crippen MR) is 84.2 cm³/mol. The predicted octanol–water partition coefficient (Wildman–Crippen LogP) is 5.36. The van der Waals surface area contributed by atoms with Crippen molar-refractivity contribution in [3.63, 3.8) is 0 Å². The van der Waals surface area contributed by atoms with Crippen LogP contribution in [0.25, 0.3) is 22.6 Å². The zero-order chi connectivity index (χ0) is 14.1. The number of aromatic nitrogens is 2. The standard InChI is InChI=1S/C16H12Cl2N2/c1-10-15(11-6-8-12(17)9-7-11)20-16(19-10)13-4-2-3-5-14(13)18/h2-9H,1H3,(H,19,20). The van der Waals surface area contributed by atoms with Gasteiger partial charge < -0.3 is 4.98 Å². The molecule has 0 aliphatic heterocycles. The second kappa shape index (κ2) is 5.31. The number of rotatable bonds is 2. The highest BCUT2D eigenvalue weighted by Crippen LogP contribution is 2.30. The van der Waals surface area contributed by atoms with Gasteiger partial charge in [-0.05, 0) is 31.2 Å². The van der Waals surface area contributed by atoms with E-state index in [0.29, 0.717) is 10.0 Å². The molecule has 0 aliphatic rings. The molecule has 2 aromatic carbocycles. The first-order chi connectivity index (χ1) is 9.65. The third kappa shape index (κ3) is 2.45. The first-order valence-electron chi connectivity index (χ1n) is 6.22. The SMILES string of the molecule is Cc1[nH]c(-c2ccccc2Cl)nc1-c1ccc(Cl)cc1. The van der Waals surface area contributed by atoms with E-state index in [9.17, 15) is 0 Å². The van der Waals surface area contributed by atoms with Crippen LogP contribution in [0.15, 0.2) is 48.5 Å². The lowest BCUT2D eigenvalue weighted by atomic mass is 10.1. The number of hydrogen-bond acceptors (Lipinski definition) is 1.